The molecule has 21 heavy (non-hydrogen) atoms. The number of nitrogens with zero attached hydrogens (tertiary/aromatic N) is 1. The highest BCUT2D eigenvalue weighted by Gasteiger charge is 2.28. The number of rotatable bonds is 6. The van der Waals surface area contributed by atoms with Crippen LogP contribution in [-0.2, 0) is 0 Å². The van der Waals surface area contributed by atoms with Crippen LogP contribution >= 0.6 is 0 Å². The summed E-state index contributed by atoms with van der Waals surface area (Å²) in [5, 5.41) is 0. The zero-order valence-electron chi connectivity index (χ0n) is 13.7. The summed E-state index contributed by atoms with van der Waals surface area (Å²) in [5.74, 6) is 0.950. The Morgan fingerprint density at radius 3 is 2.81 bits per heavy atom. The second-order valence-corrected chi connectivity index (χ2v) is 6.29. The Hall–Kier alpha value is -1.06. The minimum Gasteiger partial charge on any atom is -0.491 e. The van der Waals surface area contributed by atoms with Crippen molar-refractivity contribution < 1.29 is 4.74 Å². The van der Waals surface area contributed by atoms with Crippen LogP contribution in [0.25, 0.3) is 0 Å². The van der Waals surface area contributed by atoms with Crippen LogP contribution in [0.4, 0.5) is 0 Å². The molecule has 0 amide bonds. The van der Waals surface area contributed by atoms with Gasteiger partial charge >= 0.3 is 0 Å². The molecule has 0 aliphatic carbocycles. The third-order valence-electron chi connectivity index (χ3n) is 4.38. The van der Waals surface area contributed by atoms with Crippen LogP contribution in [0.1, 0.15) is 58.1 Å². The molecule has 1 heterocycles. The van der Waals surface area contributed by atoms with Gasteiger partial charge in [0.25, 0.3) is 0 Å². The van der Waals surface area contributed by atoms with E-state index in [2.05, 4.69) is 43.9 Å². The molecule has 1 aromatic carbocycles. The standard InChI is InChI=1S/C18H30N2O/c1-4-16-9-5-6-11-20(16)18(13-19)15-8-7-10-17(12-15)21-14(2)3/h7-8,10,12,14,16,18H,4-6,9,11,13,19H2,1-3H3. The molecule has 1 aromatic rings. The summed E-state index contributed by atoms with van der Waals surface area (Å²) in [4.78, 5) is 2.61. The maximum atomic E-state index is 6.12. The van der Waals surface area contributed by atoms with Crippen molar-refractivity contribution in [3.05, 3.63) is 29.8 Å². The summed E-state index contributed by atoms with van der Waals surface area (Å²) in [6.45, 7) is 8.24. The molecule has 2 atom stereocenters. The Kier molecular flexibility index (Phi) is 6.07. The van der Waals surface area contributed by atoms with Crippen molar-refractivity contribution in [2.75, 3.05) is 13.1 Å². The van der Waals surface area contributed by atoms with E-state index in [1.54, 1.807) is 0 Å². The summed E-state index contributed by atoms with van der Waals surface area (Å²) < 4.78 is 5.83. The van der Waals surface area contributed by atoms with Crippen molar-refractivity contribution in [1.29, 1.82) is 0 Å². The second kappa shape index (κ2) is 7.81. The average molecular weight is 290 g/mol. The zero-order chi connectivity index (χ0) is 15.2. The molecule has 0 saturated carbocycles. The molecule has 1 aliphatic heterocycles. The lowest BCUT2D eigenvalue weighted by molar-refractivity contribution is 0.0947. The lowest BCUT2D eigenvalue weighted by atomic mass is 9.95. The zero-order valence-corrected chi connectivity index (χ0v) is 13.7. The van der Waals surface area contributed by atoms with Gasteiger partial charge in [-0.1, -0.05) is 25.5 Å². The molecule has 0 spiro atoms. The highest BCUT2D eigenvalue weighted by atomic mass is 16.5. The summed E-state index contributed by atoms with van der Waals surface area (Å²) in [7, 11) is 0. The van der Waals surface area contributed by atoms with Gasteiger partial charge in [0, 0.05) is 18.6 Å². The fourth-order valence-corrected chi connectivity index (χ4v) is 3.40. The first-order valence-corrected chi connectivity index (χ1v) is 8.38. The molecule has 2 rings (SSSR count). The number of likely N-dealkylation sites (tertiary alicyclic amines) is 1. The molecule has 118 valence electrons. The van der Waals surface area contributed by atoms with Crippen LogP contribution < -0.4 is 10.5 Å². The van der Waals surface area contributed by atoms with Gasteiger partial charge in [0.2, 0.25) is 0 Å². The van der Waals surface area contributed by atoms with Gasteiger partial charge < -0.3 is 10.5 Å². The fraction of sp³-hybridized carbons (Fsp3) is 0.667. The fourth-order valence-electron chi connectivity index (χ4n) is 3.40. The first-order chi connectivity index (χ1) is 10.2. The summed E-state index contributed by atoms with van der Waals surface area (Å²) in [6.07, 6.45) is 5.35. The van der Waals surface area contributed by atoms with Gasteiger partial charge in [-0.15, -0.1) is 0 Å². The van der Waals surface area contributed by atoms with Gasteiger partial charge in [0.05, 0.1) is 6.10 Å². The number of benzene rings is 1. The third-order valence-corrected chi connectivity index (χ3v) is 4.38. The number of ether oxygens (including phenoxy) is 1. The molecular formula is C18H30N2O. The van der Waals surface area contributed by atoms with Crippen LogP contribution in [0.2, 0.25) is 0 Å². The van der Waals surface area contributed by atoms with Gasteiger partial charge in [-0.2, -0.15) is 0 Å². The molecule has 1 aliphatic rings. The van der Waals surface area contributed by atoms with E-state index < -0.39 is 0 Å². The molecule has 1 fully saturated rings. The maximum absolute atomic E-state index is 6.12. The van der Waals surface area contributed by atoms with Crippen molar-refractivity contribution in [3.8, 4) is 5.75 Å². The highest BCUT2D eigenvalue weighted by molar-refractivity contribution is 5.31. The average Bonchev–Trinajstić information content (AvgIpc) is 2.48. The van der Waals surface area contributed by atoms with Gasteiger partial charge in [-0.25, -0.2) is 0 Å². The highest BCUT2D eigenvalue weighted by Crippen LogP contribution is 2.31. The predicted octanol–water partition coefficient (Wildman–Crippen LogP) is 3.74. The molecule has 3 heteroatoms. The molecule has 3 nitrogen and oxygen atoms in total. The van der Waals surface area contributed by atoms with E-state index >= 15 is 0 Å². The predicted molar refractivity (Wildman–Crippen MR) is 88.6 cm³/mol. The molecule has 0 aromatic heterocycles. The molecular weight excluding hydrogens is 260 g/mol. The Morgan fingerprint density at radius 2 is 2.14 bits per heavy atom. The molecule has 0 radical (unpaired) electrons. The van der Waals surface area contributed by atoms with E-state index in [0.717, 1.165) is 12.3 Å². The van der Waals surface area contributed by atoms with E-state index in [-0.39, 0.29) is 6.10 Å². The summed E-state index contributed by atoms with van der Waals surface area (Å²) >= 11 is 0. The van der Waals surface area contributed by atoms with Crippen LogP contribution in [0.3, 0.4) is 0 Å². The maximum Gasteiger partial charge on any atom is 0.120 e. The van der Waals surface area contributed by atoms with Gasteiger partial charge in [0.15, 0.2) is 0 Å². The molecule has 2 N–H and O–H groups in total. The molecule has 2 unspecified atom stereocenters. The Bertz CT molecular complexity index is 433. The number of hydrogen-bond donors (Lipinski definition) is 1. The summed E-state index contributed by atoms with van der Waals surface area (Å²) in [6, 6.07) is 9.45. The van der Waals surface area contributed by atoms with E-state index in [9.17, 15) is 0 Å². The van der Waals surface area contributed by atoms with E-state index in [1.807, 2.05) is 6.07 Å². The minimum absolute atomic E-state index is 0.204. The lowest BCUT2D eigenvalue weighted by Crippen LogP contribution is -2.44. The Morgan fingerprint density at radius 1 is 1.33 bits per heavy atom. The topological polar surface area (TPSA) is 38.5 Å². The van der Waals surface area contributed by atoms with E-state index in [0.29, 0.717) is 18.6 Å². The monoisotopic (exact) mass is 290 g/mol. The number of nitrogens with two attached hydrogens (primary N) is 1. The number of hydrogen-bond acceptors (Lipinski definition) is 3. The lowest BCUT2D eigenvalue weighted by Gasteiger charge is -2.41. The van der Waals surface area contributed by atoms with Crippen LogP contribution in [0.5, 0.6) is 5.75 Å². The largest absolute Gasteiger partial charge is 0.491 e. The normalized spacial score (nSPS) is 21.5. The third kappa shape index (κ3) is 4.21. The van der Waals surface area contributed by atoms with Crippen LogP contribution in [0.15, 0.2) is 24.3 Å². The SMILES string of the molecule is CCC1CCCCN1C(CN)c1cccc(OC(C)C)c1. The van der Waals surface area contributed by atoms with E-state index in [1.165, 1.54) is 31.2 Å². The first-order valence-electron chi connectivity index (χ1n) is 8.38. The van der Waals surface area contributed by atoms with Gasteiger partial charge in [-0.3, -0.25) is 4.90 Å². The molecule has 0 bridgehead atoms. The second-order valence-electron chi connectivity index (χ2n) is 6.29. The van der Waals surface area contributed by atoms with Gasteiger partial charge in [-0.05, 0) is 57.4 Å². The van der Waals surface area contributed by atoms with Crippen molar-refractivity contribution in [2.24, 2.45) is 5.73 Å². The quantitative estimate of drug-likeness (QED) is 0.867. The Balaban J connectivity index is 2.19. The number of piperidine rings is 1. The van der Waals surface area contributed by atoms with Gasteiger partial charge in [0.1, 0.15) is 5.75 Å². The smallest absolute Gasteiger partial charge is 0.120 e. The van der Waals surface area contributed by atoms with Crippen LogP contribution in [0, 0.1) is 0 Å². The van der Waals surface area contributed by atoms with Crippen molar-refractivity contribution >= 4 is 0 Å². The van der Waals surface area contributed by atoms with Crippen molar-refractivity contribution in [2.45, 2.75) is 64.6 Å². The van der Waals surface area contributed by atoms with Crippen molar-refractivity contribution in [3.63, 3.8) is 0 Å². The molecule has 1 saturated heterocycles. The van der Waals surface area contributed by atoms with Crippen LogP contribution in [-0.4, -0.2) is 30.1 Å². The summed E-state index contributed by atoms with van der Waals surface area (Å²) in [5.41, 5.74) is 7.41. The first kappa shape index (κ1) is 16.3. The van der Waals surface area contributed by atoms with E-state index in [4.69, 9.17) is 10.5 Å². The Labute approximate surface area is 129 Å². The minimum atomic E-state index is 0.204. The van der Waals surface area contributed by atoms with Crippen molar-refractivity contribution in [1.82, 2.24) is 4.90 Å².